The number of hydrogen-bond acceptors (Lipinski definition) is 2. The minimum atomic E-state index is -1.45. The van der Waals surface area contributed by atoms with E-state index in [0.717, 1.165) is 0 Å². The van der Waals surface area contributed by atoms with E-state index in [1.165, 1.54) is 0 Å². The summed E-state index contributed by atoms with van der Waals surface area (Å²) < 4.78 is 9.05. The molecule has 0 aliphatic heterocycles. The van der Waals surface area contributed by atoms with Crippen LogP contribution in [0.3, 0.4) is 0 Å². The third-order valence-electron chi connectivity index (χ3n) is 0.662. The van der Waals surface area contributed by atoms with Crippen LogP contribution >= 0.6 is 23.2 Å². The van der Waals surface area contributed by atoms with Gasteiger partial charge in [-0.1, -0.05) is 0 Å². The standard InChI is InChI=1S/C5H9Cl2O3/c6-1-3-9-5(8)10-4-2-7/h5H,1-4H2. The van der Waals surface area contributed by atoms with Gasteiger partial charge in [0.05, 0.1) is 13.2 Å². The Kier molecular flexibility index (Phi) is 7.91. The summed E-state index contributed by atoms with van der Waals surface area (Å²) in [6.45, 7) is -1.03. The van der Waals surface area contributed by atoms with Gasteiger partial charge in [-0.15, -0.1) is 23.2 Å². The van der Waals surface area contributed by atoms with E-state index in [1.54, 1.807) is 0 Å². The first-order chi connectivity index (χ1) is 4.81. The zero-order valence-corrected chi connectivity index (χ0v) is 6.90. The van der Waals surface area contributed by atoms with E-state index in [0.29, 0.717) is 11.8 Å². The smallest absolute Gasteiger partial charge is 0.301 e. The van der Waals surface area contributed by atoms with Crippen molar-refractivity contribution in [3.05, 3.63) is 0 Å². The number of ether oxygens (including phenoxy) is 2. The molecule has 0 amide bonds. The maximum atomic E-state index is 10.5. The Morgan fingerprint density at radius 1 is 1.10 bits per heavy atom. The van der Waals surface area contributed by atoms with Crippen LogP contribution in [0.25, 0.3) is 0 Å². The molecule has 0 bridgehead atoms. The fraction of sp³-hybridized carbons (Fsp3) is 1.00. The third-order valence-corrected chi connectivity index (χ3v) is 0.971. The van der Waals surface area contributed by atoms with Gasteiger partial charge >= 0.3 is 6.48 Å². The molecule has 0 aromatic heterocycles. The molecule has 10 heavy (non-hydrogen) atoms. The Hall–Kier alpha value is 0.460. The van der Waals surface area contributed by atoms with Crippen molar-refractivity contribution in [3.63, 3.8) is 0 Å². The molecule has 5 heteroatoms. The minimum absolute atomic E-state index is 0.206. The fourth-order valence-electron chi connectivity index (χ4n) is 0.330. The zero-order valence-electron chi connectivity index (χ0n) is 5.39. The normalized spacial score (nSPS) is 10.8. The van der Waals surface area contributed by atoms with Gasteiger partial charge in [-0.25, -0.2) is 0 Å². The summed E-state index contributed by atoms with van der Waals surface area (Å²) in [5.41, 5.74) is 0. The predicted octanol–water partition coefficient (Wildman–Crippen LogP) is 1.21. The molecular formula is C5H9Cl2O3. The van der Waals surface area contributed by atoms with Gasteiger partial charge < -0.3 is 9.47 Å². The second-order valence-corrected chi connectivity index (χ2v) is 2.16. The van der Waals surface area contributed by atoms with E-state index in [4.69, 9.17) is 23.2 Å². The average Bonchev–Trinajstić information content (AvgIpc) is 1.97. The molecule has 0 atom stereocenters. The summed E-state index contributed by atoms with van der Waals surface area (Å²) in [7, 11) is 0. The summed E-state index contributed by atoms with van der Waals surface area (Å²) in [6, 6.07) is 0. The molecule has 0 rings (SSSR count). The van der Waals surface area contributed by atoms with E-state index < -0.39 is 6.48 Å². The molecule has 0 aliphatic rings. The van der Waals surface area contributed by atoms with Crippen molar-refractivity contribution < 1.29 is 14.6 Å². The van der Waals surface area contributed by atoms with Gasteiger partial charge in [-0.3, -0.25) is 0 Å². The van der Waals surface area contributed by atoms with E-state index in [-0.39, 0.29) is 13.2 Å². The quantitative estimate of drug-likeness (QED) is 0.464. The highest BCUT2D eigenvalue weighted by molar-refractivity contribution is 6.18. The largest absolute Gasteiger partial charge is 0.327 e. The first kappa shape index (κ1) is 10.5. The number of alkyl halides is 2. The second-order valence-electron chi connectivity index (χ2n) is 1.41. The summed E-state index contributed by atoms with van der Waals surface area (Å²) in [5.74, 6) is 0.589. The van der Waals surface area contributed by atoms with Gasteiger partial charge in [0.2, 0.25) is 0 Å². The van der Waals surface area contributed by atoms with Gasteiger partial charge in [-0.05, 0) is 0 Å². The number of rotatable bonds is 6. The van der Waals surface area contributed by atoms with Crippen LogP contribution in [0.15, 0.2) is 0 Å². The van der Waals surface area contributed by atoms with Crippen LogP contribution < -0.4 is 0 Å². The monoisotopic (exact) mass is 187 g/mol. The Bertz CT molecular complexity index is 63.9. The Morgan fingerprint density at radius 2 is 1.50 bits per heavy atom. The van der Waals surface area contributed by atoms with Crippen LogP contribution in [0.1, 0.15) is 0 Å². The maximum Gasteiger partial charge on any atom is 0.301 e. The zero-order chi connectivity index (χ0) is 7.82. The molecule has 3 nitrogen and oxygen atoms in total. The molecular weight excluding hydrogens is 179 g/mol. The lowest BCUT2D eigenvalue weighted by atomic mass is 10.8. The summed E-state index contributed by atoms with van der Waals surface area (Å²) >= 11 is 10.5. The molecule has 0 aliphatic carbocycles. The summed E-state index contributed by atoms with van der Waals surface area (Å²) in [6.07, 6.45) is 0. The van der Waals surface area contributed by atoms with E-state index >= 15 is 0 Å². The molecule has 0 aromatic carbocycles. The van der Waals surface area contributed by atoms with Crippen molar-refractivity contribution in [1.29, 1.82) is 0 Å². The van der Waals surface area contributed by atoms with Crippen LogP contribution in [0.4, 0.5) is 0 Å². The Morgan fingerprint density at radius 3 is 1.80 bits per heavy atom. The fourth-order valence-corrected chi connectivity index (χ4v) is 0.508. The molecule has 0 heterocycles. The topological polar surface area (TPSA) is 38.4 Å². The highest BCUT2D eigenvalue weighted by Gasteiger charge is 2.03. The lowest BCUT2D eigenvalue weighted by Crippen LogP contribution is -2.17. The van der Waals surface area contributed by atoms with E-state index in [9.17, 15) is 5.11 Å². The van der Waals surface area contributed by atoms with Crippen molar-refractivity contribution in [2.75, 3.05) is 25.0 Å². The van der Waals surface area contributed by atoms with Crippen molar-refractivity contribution in [3.8, 4) is 0 Å². The highest BCUT2D eigenvalue weighted by atomic mass is 35.5. The number of halogens is 2. The molecule has 0 saturated carbocycles. The van der Waals surface area contributed by atoms with Gasteiger partial charge in [0.25, 0.3) is 0 Å². The third kappa shape index (κ3) is 6.58. The predicted molar refractivity (Wildman–Crippen MR) is 37.8 cm³/mol. The van der Waals surface area contributed by atoms with Crippen molar-refractivity contribution in [2.24, 2.45) is 0 Å². The van der Waals surface area contributed by atoms with Crippen LogP contribution in [0.2, 0.25) is 0 Å². The Balaban J connectivity index is 3.00. The molecule has 61 valence electrons. The highest BCUT2D eigenvalue weighted by Crippen LogP contribution is 1.92. The van der Waals surface area contributed by atoms with Gasteiger partial charge in [0.1, 0.15) is 0 Å². The first-order valence-electron chi connectivity index (χ1n) is 2.82. The molecule has 1 radical (unpaired) electrons. The van der Waals surface area contributed by atoms with Gasteiger partial charge in [0, 0.05) is 11.8 Å². The van der Waals surface area contributed by atoms with Crippen molar-refractivity contribution in [2.45, 2.75) is 6.48 Å². The molecule has 0 spiro atoms. The molecule has 0 N–H and O–H groups in total. The summed E-state index contributed by atoms with van der Waals surface area (Å²) in [5, 5.41) is 10.5. The first-order valence-corrected chi connectivity index (χ1v) is 3.89. The van der Waals surface area contributed by atoms with Crippen molar-refractivity contribution >= 4 is 23.2 Å². The maximum absolute atomic E-state index is 10.5. The molecule has 0 fully saturated rings. The van der Waals surface area contributed by atoms with Crippen LogP contribution in [0.5, 0.6) is 0 Å². The molecule has 0 unspecified atom stereocenters. The van der Waals surface area contributed by atoms with E-state index in [2.05, 4.69) is 9.47 Å². The lowest BCUT2D eigenvalue weighted by molar-refractivity contribution is -0.288. The lowest BCUT2D eigenvalue weighted by Gasteiger charge is -2.07. The minimum Gasteiger partial charge on any atom is -0.327 e. The summed E-state index contributed by atoms with van der Waals surface area (Å²) in [4.78, 5) is 0. The van der Waals surface area contributed by atoms with E-state index in [1.807, 2.05) is 0 Å². The Labute approximate surface area is 69.8 Å². The second kappa shape index (κ2) is 7.57. The average molecular weight is 188 g/mol. The number of hydrogen-bond donors (Lipinski definition) is 0. The molecule has 0 aromatic rings. The SMILES string of the molecule is [O]C(OCCCl)OCCCl. The van der Waals surface area contributed by atoms with Crippen molar-refractivity contribution in [1.82, 2.24) is 0 Å². The molecule has 0 saturated heterocycles. The van der Waals surface area contributed by atoms with Gasteiger partial charge in [-0.2, -0.15) is 5.11 Å². The van der Waals surface area contributed by atoms with Crippen LogP contribution in [-0.4, -0.2) is 31.4 Å². The van der Waals surface area contributed by atoms with Gasteiger partial charge in [0.15, 0.2) is 0 Å². The van der Waals surface area contributed by atoms with Crippen LogP contribution in [0, 0.1) is 0 Å². The van der Waals surface area contributed by atoms with Crippen LogP contribution in [-0.2, 0) is 14.6 Å².